The maximum atomic E-state index is 11.8. The summed E-state index contributed by atoms with van der Waals surface area (Å²) < 4.78 is 12.1. The van der Waals surface area contributed by atoms with Gasteiger partial charge in [0.05, 0.1) is 18.8 Å². The first kappa shape index (κ1) is 19.5. The van der Waals surface area contributed by atoms with Crippen molar-refractivity contribution in [2.75, 3.05) is 13.2 Å². The van der Waals surface area contributed by atoms with Crippen molar-refractivity contribution in [2.45, 2.75) is 25.7 Å². The minimum atomic E-state index is -0.247. The number of esters is 1. The number of carbonyl (C=O) groups is 1. The van der Waals surface area contributed by atoms with E-state index in [1.807, 2.05) is 42.5 Å². The van der Waals surface area contributed by atoms with Crippen molar-refractivity contribution in [1.29, 1.82) is 0 Å². The fourth-order valence-electron chi connectivity index (χ4n) is 2.28. The molecule has 0 unspecified atom stereocenters. The Bertz CT molecular complexity index is 663. The normalized spacial score (nSPS) is 10.3. The van der Waals surface area contributed by atoms with Crippen LogP contribution in [0.1, 0.15) is 41.6 Å². The van der Waals surface area contributed by atoms with E-state index in [-0.39, 0.29) is 5.97 Å². The molecule has 0 radical (unpaired) electrons. The van der Waals surface area contributed by atoms with E-state index in [0.717, 1.165) is 40.6 Å². The van der Waals surface area contributed by atoms with Gasteiger partial charge in [0.15, 0.2) is 0 Å². The third-order valence-electron chi connectivity index (χ3n) is 3.74. The van der Waals surface area contributed by atoms with Crippen molar-refractivity contribution >= 4 is 34.6 Å². The van der Waals surface area contributed by atoms with E-state index in [9.17, 15) is 4.79 Å². The van der Waals surface area contributed by atoms with Crippen LogP contribution < -0.4 is 4.74 Å². The van der Waals surface area contributed by atoms with Crippen molar-refractivity contribution in [1.82, 2.24) is 0 Å². The molecule has 0 spiro atoms. The lowest BCUT2D eigenvalue weighted by atomic mass is 10.2. The van der Waals surface area contributed by atoms with Gasteiger partial charge < -0.3 is 9.47 Å². The van der Waals surface area contributed by atoms with Gasteiger partial charge in [0.2, 0.25) is 0 Å². The number of hydrogen-bond acceptors (Lipinski definition) is 3. The number of unbranched alkanes of at least 4 members (excludes halogenated alkanes) is 3. The Morgan fingerprint density at radius 2 is 1.56 bits per heavy atom. The fraction of sp³-hybridized carbons (Fsp3) is 0.286. The molecule has 0 fully saturated rings. The van der Waals surface area contributed by atoms with E-state index < -0.39 is 0 Å². The molecule has 0 aromatic heterocycles. The van der Waals surface area contributed by atoms with Crippen LogP contribution in [0.25, 0.3) is 6.08 Å². The number of ether oxygens (including phenoxy) is 2. The zero-order valence-corrected chi connectivity index (χ0v) is 16.4. The van der Waals surface area contributed by atoms with Gasteiger partial charge >= 0.3 is 5.97 Å². The summed E-state index contributed by atoms with van der Waals surface area (Å²) in [6.07, 6.45) is 5.78. The van der Waals surface area contributed by atoms with Crippen LogP contribution in [0.5, 0.6) is 5.75 Å². The van der Waals surface area contributed by atoms with E-state index in [2.05, 4.69) is 29.2 Å². The highest BCUT2D eigenvalue weighted by Crippen LogP contribution is 2.14. The molecule has 0 saturated heterocycles. The Morgan fingerprint density at radius 3 is 2.20 bits per heavy atom. The maximum Gasteiger partial charge on any atom is 0.338 e. The molecule has 0 amide bonds. The predicted molar refractivity (Wildman–Crippen MR) is 110 cm³/mol. The van der Waals surface area contributed by atoms with Crippen LogP contribution >= 0.6 is 22.6 Å². The molecule has 0 heterocycles. The molecule has 0 atom stereocenters. The minimum absolute atomic E-state index is 0.247. The molecular weight excluding hydrogens is 427 g/mol. The zero-order chi connectivity index (χ0) is 17.9. The summed E-state index contributed by atoms with van der Waals surface area (Å²) >= 11 is 2.21. The molecule has 0 aliphatic rings. The Labute approximate surface area is 163 Å². The smallest absolute Gasteiger partial charge is 0.338 e. The second-order valence-electron chi connectivity index (χ2n) is 5.68. The number of benzene rings is 2. The van der Waals surface area contributed by atoms with E-state index in [1.54, 1.807) is 12.1 Å². The highest BCUT2D eigenvalue weighted by Gasteiger charge is 2.06. The zero-order valence-electron chi connectivity index (χ0n) is 14.2. The van der Waals surface area contributed by atoms with Gasteiger partial charge in [-0.15, -0.1) is 0 Å². The van der Waals surface area contributed by atoms with E-state index >= 15 is 0 Å². The Balaban J connectivity index is 1.51. The number of halogens is 1. The van der Waals surface area contributed by atoms with Crippen molar-refractivity contribution in [3.63, 3.8) is 0 Å². The van der Waals surface area contributed by atoms with Crippen LogP contribution in [0, 0.1) is 3.57 Å². The summed E-state index contributed by atoms with van der Waals surface area (Å²) in [6, 6.07) is 15.3. The molecule has 0 saturated carbocycles. The van der Waals surface area contributed by atoms with Crippen molar-refractivity contribution in [3.8, 4) is 5.75 Å². The van der Waals surface area contributed by atoms with Crippen molar-refractivity contribution in [3.05, 3.63) is 69.8 Å². The quantitative estimate of drug-likeness (QED) is 0.264. The lowest BCUT2D eigenvalue weighted by Gasteiger charge is -2.07. The molecule has 2 aromatic rings. The lowest BCUT2D eigenvalue weighted by Crippen LogP contribution is -2.06. The van der Waals surface area contributed by atoms with Gasteiger partial charge in [-0.3, -0.25) is 0 Å². The second kappa shape index (κ2) is 10.9. The fourth-order valence-corrected chi connectivity index (χ4v) is 2.64. The van der Waals surface area contributed by atoms with Crippen LogP contribution in [0.15, 0.2) is 55.1 Å². The molecule has 0 aliphatic carbocycles. The molecule has 0 bridgehead atoms. The molecule has 2 rings (SSSR count). The summed E-state index contributed by atoms with van der Waals surface area (Å²) in [6.45, 7) is 4.90. The lowest BCUT2D eigenvalue weighted by molar-refractivity contribution is 0.0497. The SMILES string of the molecule is C=Cc1ccc(OCCCCCCOC(=O)c2ccc(I)cc2)cc1. The van der Waals surface area contributed by atoms with Crippen molar-refractivity contribution < 1.29 is 14.3 Å². The van der Waals surface area contributed by atoms with Gasteiger partial charge in [-0.2, -0.15) is 0 Å². The molecule has 4 heteroatoms. The van der Waals surface area contributed by atoms with E-state index in [1.165, 1.54) is 0 Å². The number of hydrogen-bond donors (Lipinski definition) is 0. The molecule has 25 heavy (non-hydrogen) atoms. The molecule has 0 N–H and O–H groups in total. The van der Waals surface area contributed by atoms with Crippen LogP contribution in [0.3, 0.4) is 0 Å². The molecule has 0 aliphatic heterocycles. The van der Waals surface area contributed by atoms with Gasteiger partial charge in [-0.25, -0.2) is 4.79 Å². The largest absolute Gasteiger partial charge is 0.494 e. The Kier molecular flexibility index (Phi) is 8.52. The van der Waals surface area contributed by atoms with Crippen LogP contribution in [-0.4, -0.2) is 19.2 Å². The standard InChI is InChI=1S/C21H23IO3/c1-2-17-7-13-20(14-8-17)24-15-5-3-4-6-16-25-21(23)18-9-11-19(22)12-10-18/h2,7-14H,1,3-6,15-16H2. The minimum Gasteiger partial charge on any atom is -0.494 e. The third kappa shape index (κ3) is 7.30. The second-order valence-corrected chi connectivity index (χ2v) is 6.92. The Hall–Kier alpha value is -1.82. The summed E-state index contributed by atoms with van der Waals surface area (Å²) in [4.78, 5) is 11.8. The number of carbonyl (C=O) groups excluding carboxylic acids is 1. The first-order chi connectivity index (χ1) is 12.2. The maximum absolute atomic E-state index is 11.8. The predicted octanol–water partition coefficient (Wildman–Crippen LogP) is 5.73. The van der Waals surface area contributed by atoms with Gasteiger partial charge in [-0.05, 0) is 90.2 Å². The van der Waals surface area contributed by atoms with Crippen LogP contribution in [0.2, 0.25) is 0 Å². The summed E-state index contributed by atoms with van der Waals surface area (Å²) in [5.41, 5.74) is 1.70. The van der Waals surface area contributed by atoms with Crippen molar-refractivity contribution in [2.24, 2.45) is 0 Å². The monoisotopic (exact) mass is 450 g/mol. The molecule has 2 aromatic carbocycles. The summed E-state index contributed by atoms with van der Waals surface area (Å²) in [5, 5.41) is 0. The van der Waals surface area contributed by atoms with E-state index in [4.69, 9.17) is 9.47 Å². The Morgan fingerprint density at radius 1 is 0.920 bits per heavy atom. The van der Waals surface area contributed by atoms with Crippen LogP contribution in [-0.2, 0) is 4.74 Å². The molecule has 3 nitrogen and oxygen atoms in total. The van der Waals surface area contributed by atoms with Gasteiger partial charge in [0.25, 0.3) is 0 Å². The summed E-state index contributed by atoms with van der Waals surface area (Å²) in [7, 11) is 0. The highest BCUT2D eigenvalue weighted by molar-refractivity contribution is 14.1. The number of rotatable bonds is 10. The highest BCUT2D eigenvalue weighted by atomic mass is 127. The van der Waals surface area contributed by atoms with Gasteiger partial charge in [0, 0.05) is 3.57 Å². The average molecular weight is 450 g/mol. The van der Waals surface area contributed by atoms with Gasteiger partial charge in [-0.1, -0.05) is 24.8 Å². The summed E-state index contributed by atoms with van der Waals surface area (Å²) in [5.74, 6) is 0.639. The first-order valence-corrected chi connectivity index (χ1v) is 9.55. The van der Waals surface area contributed by atoms with E-state index in [0.29, 0.717) is 18.8 Å². The third-order valence-corrected chi connectivity index (χ3v) is 4.46. The van der Waals surface area contributed by atoms with Gasteiger partial charge in [0.1, 0.15) is 5.75 Å². The molecular formula is C21H23IO3. The first-order valence-electron chi connectivity index (χ1n) is 8.47. The molecule has 132 valence electrons. The average Bonchev–Trinajstić information content (AvgIpc) is 2.64. The van der Waals surface area contributed by atoms with Crippen LogP contribution in [0.4, 0.5) is 0 Å². The topological polar surface area (TPSA) is 35.5 Å².